The van der Waals surface area contributed by atoms with Crippen LogP contribution >= 0.6 is 23.2 Å². The molecule has 2 aromatic carbocycles. The Hall–Kier alpha value is -1.71. The summed E-state index contributed by atoms with van der Waals surface area (Å²) in [5.41, 5.74) is 1.83. The predicted molar refractivity (Wildman–Crippen MR) is 111 cm³/mol. The summed E-state index contributed by atoms with van der Waals surface area (Å²) in [7, 11) is 0. The largest absolute Gasteiger partial charge is 0.487 e. The number of nitrogens with one attached hydrogen (secondary N) is 1. The Morgan fingerprint density at radius 1 is 1.15 bits per heavy atom. The lowest BCUT2D eigenvalue weighted by Gasteiger charge is -2.41. The van der Waals surface area contributed by atoms with E-state index in [2.05, 4.69) is 19.2 Å². The molecule has 0 fully saturated rings. The standard InChI is InChI=1S/C22H25Cl2NO2/c1-3-22(4-2)14-19(16-7-5-6-8-20(16)27-22)25-21(26)12-10-15-9-11-17(23)18(24)13-15/h5-9,11,13,19H,3-4,10,12,14H2,1-2H3,(H,25,26). The third-order valence-corrected chi connectivity index (χ3v) is 6.18. The minimum atomic E-state index is -0.226. The molecule has 0 saturated heterocycles. The van der Waals surface area contributed by atoms with Crippen LogP contribution in [0.15, 0.2) is 42.5 Å². The molecule has 0 aliphatic carbocycles. The van der Waals surface area contributed by atoms with Crippen LogP contribution in [0.25, 0.3) is 0 Å². The topological polar surface area (TPSA) is 38.3 Å². The van der Waals surface area contributed by atoms with Crippen LogP contribution in [0.2, 0.25) is 10.0 Å². The highest BCUT2D eigenvalue weighted by Crippen LogP contribution is 2.42. The quantitative estimate of drug-likeness (QED) is 0.627. The molecule has 0 radical (unpaired) electrons. The van der Waals surface area contributed by atoms with Crippen molar-refractivity contribution in [3.63, 3.8) is 0 Å². The molecule has 5 heteroatoms. The average molecular weight is 406 g/mol. The minimum Gasteiger partial charge on any atom is -0.487 e. The van der Waals surface area contributed by atoms with Gasteiger partial charge in [0.2, 0.25) is 5.91 Å². The minimum absolute atomic E-state index is 0.0313. The molecule has 1 aliphatic rings. The number of benzene rings is 2. The van der Waals surface area contributed by atoms with Gasteiger partial charge in [-0.15, -0.1) is 0 Å². The van der Waals surface area contributed by atoms with Crippen molar-refractivity contribution in [3.8, 4) is 5.75 Å². The highest BCUT2D eigenvalue weighted by Gasteiger charge is 2.38. The molecule has 0 bridgehead atoms. The van der Waals surface area contributed by atoms with Gasteiger partial charge in [-0.05, 0) is 43.0 Å². The zero-order valence-corrected chi connectivity index (χ0v) is 17.2. The van der Waals surface area contributed by atoms with Gasteiger partial charge in [-0.1, -0.05) is 61.3 Å². The van der Waals surface area contributed by atoms with E-state index in [1.54, 1.807) is 6.07 Å². The van der Waals surface area contributed by atoms with E-state index in [0.29, 0.717) is 22.9 Å². The van der Waals surface area contributed by atoms with Gasteiger partial charge < -0.3 is 10.1 Å². The fraction of sp³-hybridized carbons (Fsp3) is 0.409. The highest BCUT2D eigenvalue weighted by atomic mass is 35.5. The van der Waals surface area contributed by atoms with Crippen molar-refractivity contribution in [1.29, 1.82) is 0 Å². The van der Waals surface area contributed by atoms with E-state index in [0.717, 1.165) is 36.1 Å². The molecule has 1 aliphatic heterocycles. The fourth-order valence-electron chi connectivity index (χ4n) is 3.65. The number of halogens is 2. The van der Waals surface area contributed by atoms with Gasteiger partial charge in [0.1, 0.15) is 11.4 Å². The molecule has 0 saturated carbocycles. The van der Waals surface area contributed by atoms with E-state index in [-0.39, 0.29) is 17.6 Å². The molecule has 3 rings (SSSR count). The molecule has 0 spiro atoms. The maximum atomic E-state index is 12.6. The first kappa shape index (κ1) is 20.0. The van der Waals surface area contributed by atoms with E-state index >= 15 is 0 Å². The molecule has 1 unspecified atom stereocenters. The summed E-state index contributed by atoms with van der Waals surface area (Å²) in [6.07, 6.45) is 3.64. The molecule has 1 N–H and O–H groups in total. The van der Waals surface area contributed by atoms with Crippen LogP contribution in [0.5, 0.6) is 5.75 Å². The SMILES string of the molecule is CCC1(CC)CC(NC(=O)CCc2ccc(Cl)c(Cl)c2)c2ccccc2O1. The molecule has 27 heavy (non-hydrogen) atoms. The zero-order valence-electron chi connectivity index (χ0n) is 15.7. The summed E-state index contributed by atoms with van der Waals surface area (Å²) in [5, 5.41) is 4.26. The van der Waals surface area contributed by atoms with Crippen LogP contribution in [0.4, 0.5) is 0 Å². The van der Waals surface area contributed by atoms with Gasteiger partial charge in [-0.2, -0.15) is 0 Å². The van der Waals surface area contributed by atoms with Crippen molar-refractivity contribution in [3.05, 3.63) is 63.6 Å². The number of aryl methyl sites for hydroxylation is 1. The molecular weight excluding hydrogens is 381 g/mol. The second-order valence-electron chi connectivity index (χ2n) is 7.10. The lowest BCUT2D eigenvalue weighted by atomic mass is 9.83. The molecule has 1 heterocycles. The van der Waals surface area contributed by atoms with Crippen LogP contribution in [0, 0.1) is 0 Å². The van der Waals surface area contributed by atoms with Gasteiger partial charge in [-0.25, -0.2) is 0 Å². The van der Waals surface area contributed by atoms with Gasteiger partial charge in [0.25, 0.3) is 0 Å². The number of carbonyl (C=O) groups is 1. The number of fused-ring (bicyclic) bond motifs is 1. The highest BCUT2D eigenvalue weighted by molar-refractivity contribution is 6.42. The van der Waals surface area contributed by atoms with Crippen molar-refractivity contribution < 1.29 is 9.53 Å². The number of carbonyl (C=O) groups excluding carboxylic acids is 1. The number of amides is 1. The summed E-state index contributed by atoms with van der Waals surface area (Å²) in [5.74, 6) is 0.908. The van der Waals surface area contributed by atoms with Gasteiger partial charge in [0.05, 0.1) is 16.1 Å². The number of rotatable bonds is 6. The smallest absolute Gasteiger partial charge is 0.220 e. The second-order valence-corrected chi connectivity index (χ2v) is 7.92. The van der Waals surface area contributed by atoms with Crippen molar-refractivity contribution in [1.82, 2.24) is 5.32 Å². The molecule has 0 aromatic heterocycles. The molecule has 144 valence electrons. The summed E-state index contributed by atoms with van der Waals surface area (Å²) < 4.78 is 6.30. The average Bonchev–Trinajstić information content (AvgIpc) is 2.68. The lowest BCUT2D eigenvalue weighted by Crippen LogP contribution is -2.44. The van der Waals surface area contributed by atoms with E-state index in [4.69, 9.17) is 27.9 Å². The first-order valence-corrected chi connectivity index (χ1v) is 10.2. The van der Waals surface area contributed by atoms with Gasteiger partial charge in [-0.3, -0.25) is 4.79 Å². The maximum Gasteiger partial charge on any atom is 0.220 e. The van der Waals surface area contributed by atoms with Gasteiger partial charge in [0.15, 0.2) is 0 Å². The van der Waals surface area contributed by atoms with E-state index in [9.17, 15) is 4.79 Å². The number of hydrogen-bond donors (Lipinski definition) is 1. The third kappa shape index (κ3) is 4.59. The van der Waals surface area contributed by atoms with E-state index < -0.39 is 0 Å². The Labute approximate surface area is 171 Å². The zero-order chi connectivity index (χ0) is 19.4. The van der Waals surface area contributed by atoms with Crippen molar-refractivity contribution in [2.45, 2.75) is 57.6 Å². The molecule has 1 atom stereocenters. The summed E-state index contributed by atoms with van der Waals surface area (Å²) in [6, 6.07) is 13.5. The van der Waals surface area contributed by atoms with E-state index in [1.807, 2.05) is 36.4 Å². The number of para-hydroxylation sites is 1. The first-order valence-electron chi connectivity index (χ1n) is 9.47. The third-order valence-electron chi connectivity index (χ3n) is 5.45. The first-order chi connectivity index (χ1) is 13.0. The lowest BCUT2D eigenvalue weighted by molar-refractivity contribution is -0.122. The van der Waals surface area contributed by atoms with Crippen molar-refractivity contribution in [2.24, 2.45) is 0 Å². The van der Waals surface area contributed by atoms with Gasteiger partial charge >= 0.3 is 0 Å². The van der Waals surface area contributed by atoms with Gasteiger partial charge in [0, 0.05) is 18.4 Å². The number of hydrogen-bond acceptors (Lipinski definition) is 2. The van der Waals surface area contributed by atoms with Crippen LogP contribution in [0.1, 0.15) is 56.7 Å². The Morgan fingerprint density at radius 3 is 2.59 bits per heavy atom. The normalized spacial score (nSPS) is 17.7. The summed E-state index contributed by atoms with van der Waals surface area (Å²) >= 11 is 12.0. The second kappa shape index (κ2) is 8.53. The monoisotopic (exact) mass is 405 g/mol. The van der Waals surface area contributed by atoms with Crippen LogP contribution in [-0.4, -0.2) is 11.5 Å². The molecule has 3 nitrogen and oxygen atoms in total. The molecule has 1 amide bonds. The molecular formula is C22H25Cl2NO2. The van der Waals surface area contributed by atoms with Crippen LogP contribution < -0.4 is 10.1 Å². The summed E-state index contributed by atoms with van der Waals surface area (Å²) in [4.78, 5) is 12.6. The maximum absolute atomic E-state index is 12.6. The van der Waals surface area contributed by atoms with Crippen LogP contribution in [-0.2, 0) is 11.2 Å². The Kier molecular flexibility index (Phi) is 6.33. The van der Waals surface area contributed by atoms with Crippen LogP contribution in [0.3, 0.4) is 0 Å². The Bertz CT molecular complexity index is 818. The Balaban J connectivity index is 1.69. The van der Waals surface area contributed by atoms with Crippen molar-refractivity contribution in [2.75, 3.05) is 0 Å². The fourth-order valence-corrected chi connectivity index (χ4v) is 3.97. The number of ether oxygens (including phenoxy) is 1. The molecule has 2 aromatic rings. The van der Waals surface area contributed by atoms with E-state index in [1.165, 1.54) is 0 Å². The predicted octanol–water partition coefficient (Wildman–Crippen LogP) is 6.12. The Morgan fingerprint density at radius 2 is 1.89 bits per heavy atom. The summed E-state index contributed by atoms with van der Waals surface area (Å²) in [6.45, 7) is 4.28. The van der Waals surface area contributed by atoms with Crippen molar-refractivity contribution >= 4 is 29.1 Å².